The molecule has 0 bridgehead atoms. The Kier molecular flexibility index (Phi) is 16.4. The first-order valence-electron chi connectivity index (χ1n) is 24.5. The van der Waals surface area contributed by atoms with Crippen LogP contribution in [0.25, 0.3) is 0 Å². The van der Waals surface area contributed by atoms with E-state index in [1.165, 1.54) is 45.0 Å². The number of fused-ring (bicyclic) bond motifs is 3. The first-order valence-corrected chi connectivity index (χ1v) is 25.9. The number of ether oxygens (including phenoxy) is 11. The third-order valence-electron chi connectivity index (χ3n) is 15.7. The number of rotatable bonds is 11. The topological polar surface area (TPSA) is 416 Å². The monoisotopic (exact) mass is 1080 g/mol. The number of phenolic OH excluding ortho intramolecular Hbond substituents is 1. The molecule has 27 nitrogen and oxygen atoms in total. The van der Waals surface area contributed by atoms with Crippen LogP contribution in [0.5, 0.6) is 5.75 Å². The number of hydrogen-bond acceptors (Lipinski definition) is 27. The molecule has 0 radical (unpaired) electrons. The predicted octanol–water partition coefficient (Wildman–Crippen LogP) is -6.38. The van der Waals surface area contributed by atoms with E-state index < -0.39 is 218 Å². The summed E-state index contributed by atoms with van der Waals surface area (Å²) in [7, 11) is -2.01. The van der Waals surface area contributed by atoms with Crippen molar-refractivity contribution in [3.8, 4) is 5.75 Å². The average molecular weight is 1080 g/mol. The van der Waals surface area contributed by atoms with E-state index in [1.54, 1.807) is 6.92 Å². The molecule has 8 fully saturated rings. The van der Waals surface area contributed by atoms with Crippen molar-refractivity contribution in [2.24, 2.45) is 11.8 Å². The number of benzene rings is 1. The molecule has 7 aliphatic heterocycles. The number of carbonyl (C=O) groups excluding carboxylic acids is 2. The molecule has 28 heteroatoms. The minimum atomic E-state index is -2.67. The van der Waals surface area contributed by atoms with Crippen LogP contribution in [0, 0.1) is 11.8 Å². The van der Waals surface area contributed by atoms with Gasteiger partial charge in [0.05, 0.1) is 60.3 Å². The highest BCUT2D eigenvalue weighted by molar-refractivity contribution is 7.86. The number of aliphatic hydroxyl groups excluding tert-OH is 11. The molecule has 8 aliphatic rings. The summed E-state index contributed by atoms with van der Waals surface area (Å²) in [5.41, 5.74) is -2.58. The van der Waals surface area contributed by atoms with Gasteiger partial charge in [-0.15, -0.1) is 0 Å². The maximum Gasteiger partial charge on any atom is 0.338 e. The second-order valence-corrected chi connectivity index (χ2v) is 22.2. The summed E-state index contributed by atoms with van der Waals surface area (Å²) in [6, 6.07) is 5.26. The van der Waals surface area contributed by atoms with Gasteiger partial charge in [-0.3, -0.25) is 9.00 Å². The smallest absolute Gasteiger partial charge is 0.338 e. The van der Waals surface area contributed by atoms with Crippen LogP contribution >= 0.6 is 0 Å². The number of phenols is 1. The fraction of sp³-hybridized carbons (Fsp3) is 0.826. The lowest BCUT2D eigenvalue weighted by Gasteiger charge is -2.50. The molecule has 7 heterocycles. The summed E-state index contributed by atoms with van der Waals surface area (Å²) in [6.45, 7) is 4.61. The fourth-order valence-electron chi connectivity index (χ4n) is 11.2. The van der Waals surface area contributed by atoms with Gasteiger partial charge in [0.1, 0.15) is 97.3 Å². The van der Waals surface area contributed by atoms with Crippen molar-refractivity contribution < 1.29 is 132 Å². The van der Waals surface area contributed by atoms with E-state index in [1.807, 2.05) is 0 Å². The van der Waals surface area contributed by atoms with Crippen molar-refractivity contribution in [1.29, 1.82) is 0 Å². The fourth-order valence-corrected chi connectivity index (χ4v) is 13.3. The minimum Gasteiger partial charge on any atom is -0.508 e. The zero-order chi connectivity index (χ0) is 53.6. The number of Topliss-reactive ketones (excluding diaryl/α,β-unsaturated/α-hetero) is 1. The van der Waals surface area contributed by atoms with Gasteiger partial charge in [-0.2, -0.15) is 0 Å². The van der Waals surface area contributed by atoms with Gasteiger partial charge in [0.2, 0.25) is 11.6 Å². The molecule has 1 unspecified atom stereocenters. The first kappa shape index (κ1) is 56.2. The molecule has 0 aromatic heterocycles. The van der Waals surface area contributed by atoms with E-state index in [0.29, 0.717) is 0 Å². The molecule has 418 valence electrons. The van der Waals surface area contributed by atoms with Crippen LogP contribution in [0.1, 0.15) is 50.9 Å². The Balaban J connectivity index is 0.977. The molecule has 13 N–H and O–H groups in total. The number of aromatic hydroxyl groups is 1. The van der Waals surface area contributed by atoms with Gasteiger partial charge >= 0.3 is 5.97 Å². The second kappa shape index (κ2) is 21.6. The van der Waals surface area contributed by atoms with Crippen LogP contribution in [0.15, 0.2) is 24.3 Å². The maximum absolute atomic E-state index is 14.4. The third-order valence-corrected chi connectivity index (χ3v) is 17.6. The molecular weight excluding hydrogens is 1020 g/mol. The largest absolute Gasteiger partial charge is 0.508 e. The zero-order valence-electron chi connectivity index (χ0n) is 40.4. The van der Waals surface area contributed by atoms with Gasteiger partial charge < -0.3 is 118 Å². The van der Waals surface area contributed by atoms with Gasteiger partial charge in [0.25, 0.3) is 0 Å². The lowest BCUT2D eigenvalue weighted by atomic mass is 9.70. The molecule has 74 heavy (non-hydrogen) atoms. The highest BCUT2D eigenvalue weighted by Gasteiger charge is 2.75. The summed E-state index contributed by atoms with van der Waals surface area (Å²) in [5.74, 6) is -6.03. The molecule has 30 atom stereocenters. The van der Waals surface area contributed by atoms with E-state index in [9.17, 15) is 80.2 Å². The van der Waals surface area contributed by atoms with Crippen molar-refractivity contribution >= 4 is 22.6 Å². The molecule has 0 amide bonds. The highest BCUT2D eigenvalue weighted by Crippen LogP contribution is 2.53. The molecular formula is C46H66O27S. The Labute approximate surface area is 424 Å². The third kappa shape index (κ3) is 9.88. The summed E-state index contributed by atoms with van der Waals surface area (Å²) in [4.78, 5) is 27.6. The van der Waals surface area contributed by atoms with Gasteiger partial charge in [0, 0.05) is 29.1 Å². The summed E-state index contributed by atoms with van der Waals surface area (Å²) < 4.78 is 80.6. The summed E-state index contributed by atoms with van der Waals surface area (Å²) in [6.07, 6.45) is -41.4. The van der Waals surface area contributed by atoms with Gasteiger partial charge in [-0.1, -0.05) is 6.92 Å². The van der Waals surface area contributed by atoms with Crippen LogP contribution in [0.3, 0.4) is 0 Å². The molecule has 1 saturated carbocycles. The standard InChI is InChI=1S/C46H66O27S/c1-14-12-63-45(10-21(14)67-39(59)18-5-7-19(48)8-6-18)44(60)46(61)24(49)9-20-23(13-74(62)37(20)38(46)73-45)69-42-35(31(56)27(52)17(4)66-42)71-43-36(72-41-33(58)30(55)26(51)16(3)65-41)34(28(53)22(11-47)68-43)70-40-32(57)29(54)25(50)15(2)64-40/h5-8,14-17,20-38,40-43,47-58,61H,9-13H2,1-4H3/t14-,15+,16+,17-,20-,21+,22-,23+,24+,25+,26+,27-,28-,29-,30-,31+,32-,33-,34+,35-,36-,37+,38-,40+,41+,42+,43+,45+,46-,74?/m1/s1. The normalized spacial score (nSPS) is 52.6. The van der Waals surface area contributed by atoms with E-state index in [-0.39, 0.29) is 23.7 Å². The Morgan fingerprint density at radius 3 is 1.81 bits per heavy atom. The maximum atomic E-state index is 14.4. The van der Waals surface area contributed by atoms with E-state index in [0.717, 1.165) is 0 Å². The van der Waals surface area contributed by atoms with Crippen molar-refractivity contribution in [2.75, 3.05) is 19.0 Å². The Morgan fingerprint density at radius 2 is 1.22 bits per heavy atom. The van der Waals surface area contributed by atoms with Crippen molar-refractivity contribution in [2.45, 2.75) is 204 Å². The SMILES string of the molecule is C[C@@H]1CO[C@@]2(C[C@@H]1OC(=O)c1ccc(O)cc1)O[C@@H]1[C@@H]3[C@H](C[C@H](O)[C@]1(O)C2=O)[C@@H](O[C@@H]1O[C@H](C)[C@@H](O)[C@H](O)[C@H]1O[C@@H]1O[C@H](CO)[C@@H](O)[C@H](O[C@@H]2O[C@@H](C)[C@H](O)[C@@H](O)[C@H]2O)[C@H]1O[C@@H]1O[C@@H](C)[C@H](O)[C@@H](O)[C@H]1O)CS3=O. The quantitative estimate of drug-likeness (QED) is 0.0917. The number of ketones is 1. The van der Waals surface area contributed by atoms with E-state index in [2.05, 4.69) is 0 Å². The highest BCUT2D eigenvalue weighted by atomic mass is 32.2. The summed E-state index contributed by atoms with van der Waals surface area (Å²) in [5, 5.41) is 141. The van der Waals surface area contributed by atoms with Gasteiger partial charge in [0.15, 0.2) is 30.8 Å². The van der Waals surface area contributed by atoms with Gasteiger partial charge in [-0.25, -0.2) is 4.79 Å². The molecule has 1 aromatic carbocycles. The van der Waals surface area contributed by atoms with Crippen LogP contribution in [0.4, 0.5) is 0 Å². The van der Waals surface area contributed by atoms with Crippen LogP contribution in [0.2, 0.25) is 0 Å². The van der Waals surface area contributed by atoms with Crippen LogP contribution in [-0.2, 0) is 67.7 Å². The average Bonchev–Trinajstić information content (AvgIpc) is 3.79. The zero-order valence-corrected chi connectivity index (χ0v) is 41.2. The lowest BCUT2D eigenvalue weighted by Crippen LogP contribution is -2.68. The minimum absolute atomic E-state index is 0.0886. The van der Waals surface area contributed by atoms with Crippen LogP contribution in [-0.4, -0.2) is 265 Å². The molecule has 1 spiro atoms. The summed E-state index contributed by atoms with van der Waals surface area (Å²) >= 11 is 0. The Hall–Kier alpha value is -2.57. The van der Waals surface area contributed by atoms with E-state index >= 15 is 0 Å². The molecule has 7 saturated heterocycles. The Morgan fingerprint density at radius 1 is 0.676 bits per heavy atom. The predicted molar refractivity (Wildman–Crippen MR) is 238 cm³/mol. The number of carbonyl (C=O) groups is 2. The molecule has 1 aromatic rings. The first-order chi connectivity index (χ1) is 34.9. The van der Waals surface area contributed by atoms with Crippen molar-refractivity contribution in [3.05, 3.63) is 29.8 Å². The van der Waals surface area contributed by atoms with Crippen molar-refractivity contribution in [3.63, 3.8) is 0 Å². The number of hydrogen-bond donors (Lipinski definition) is 13. The molecule has 9 rings (SSSR count). The number of aliphatic hydroxyl groups is 12. The molecule has 1 aliphatic carbocycles. The Bertz CT molecular complexity index is 2180. The second-order valence-electron chi connectivity index (χ2n) is 20.6. The van der Waals surface area contributed by atoms with Gasteiger partial charge in [-0.05, 0) is 51.5 Å². The van der Waals surface area contributed by atoms with Crippen molar-refractivity contribution in [1.82, 2.24) is 0 Å². The van der Waals surface area contributed by atoms with Crippen LogP contribution < -0.4 is 0 Å². The van der Waals surface area contributed by atoms with E-state index in [4.69, 9.17) is 52.1 Å². The number of esters is 1. The lowest BCUT2D eigenvalue weighted by molar-refractivity contribution is -0.408.